The fourth-order valence-corrected chi connectivity index (χ4v) is 5.82. The molecule has 1 aliphatic heterocycles. The molecule has 1 saturated heterocycles. The van der Waals surface area contributed by atoms with Crippen LogP contribution in [-0.4, -0.2) is 46.0 Å². The first-order chi connectivity index (χ1) is 18.5. The molecule has 6 nitrogen and oxygen atoms in total. The van der Waals surface area contributed by atoms with E-state index in [2.05, 4.69) is 10.3 Å². The van der Waals surface area contributed by atoms with Crippen LogP contribution in [-0.2, 0) is 11.2 Å². The predicted octanol–water partition coefficient (Wildman–Crippen LogP) is 6.03. The lowest BCUT2D eigenvalue weighted by molar-refractivity contribution is -0.141. The number of piperidine rings is 1. The highest BCUT2D eigenvalue weighted by molar-refractivity contribution is 7.10. The molecule has 2 N–H and O–H groups in total. The number of aliphatic hydroxyl groups is 1. The number of carbonyl (C=O) groups excluding carboxylic acids is 2. The number of nitrogens with one attached hydrogen (secondary N) is 1. The quantitative estimate of drug-likeness (QED) is 0.297. The van der Waals surface area contributed by atoms with E-state index in [1.54, 1.807) is 10.3 Å². The number of thiazole rings is 1. The van der Waals surface area contributed by atoms with Gasteiger partial charge in [0.15, 0.2) is 0 Å². The van der Waals surface area contributed by atoms with E-state index in [0.29, 0.717) is 35.9 Å². The number of para-hydroxylation sites is 1. The average molecular weight is 546 g/mol. The summed E-state index contributed by atoms with van der Waals surface area (Å²) in [4.78, 5) is 32.2. The molecule has 8 heteroatoms. The van der Waals surface area contributed by atoms with Gasteiger partial charge in [-0.25, -0.2) is 4.98 Å². The molecule has 2 heterocycles. The van der Waals surface area contributed by atoms with Crippen LogP contribution in [0.15, 0.2) is 84.2 Å². The summed E-state index contributed by atoms with van der Waals surface area (Å²) in [5.74, 6) is -0.311. The van der Waals surface area contributed by atoms with Gasteiger partial charge in [0.05, 0.1) is 5.01 Å². The summed E-state index contributed by atoms with van der Waals surface area (Å²) in [6.07, 6.45) is 0.765. The van der Waals surface area contributed by atoms with Crippen LogP contribution < -0.4 is 5.32 Å². The van der Waals surface area contributed by atoms with E-state index in [9.17, 15) is 14.7 Å². The zero-order valence-corrected chi connectivity index (χ0v) is 22.3. The Morgan fingerprint density at radius 1 is 1.00 bits per heavy atom. The van der Waals surface area contributed by atoms with Crippen molar-refractivity contribution in [3.05, 3.63) is 106 Å². The molecular formula is C30H28ClN3O3S. The molecule has 194 valence electrons. The summed E-state index contributed by atoms with van der Waals surface area (Å²) >= 11 is 7.50. The lowest BCUT2D eigenvalue weighted by Gasteiger charge is -2.32. The number of aromatic nitrogens is 1. The molecule has 0 saturated carbocycles. The Hall–Kier alpha value is -3.52. The lowest BCUT2D eigenvalue weighted by atomic mass is 9.96. The van der Waals surface area contributed by atoms with Crippen LogP contribution in [0.5, 0.6) is 0 Å². The van der Waals surface area contributed by atoms with Crippen molar-refractivity contribution in [3.8, 4) is 11.1 Å². The van der Waals surface area contributed by atoms with Crippen molar-refractivity contribution < 1.29 is 14.7 Å². The van der Waals surface area contributed by atoms with Gasteiger partial charge in [-0.1, -0.05) is 72.3 Å². The number of carbonyl (C=O) groups is 2. The summed E-state index contributed by atoms with van der Waals surface area (Å²) in [6, 6.07) is 24.7. The minimum Gasteiger partial charge on any atom is -0.383 e. The molecule has 0 bridgehead atoms. The number of hydrogen-bond acceptors (Lipinski definition) is 5. The molecule has 4 aromatic rings. The molecule has 1 aromatic heterocycles. The molecule has 0 unspecified atom stereocenters. The predicted molar refractivity (Wildman–Crippen MR) is 152 cm³/mol. The van der Waals surface area contributed by atoms with Crippen molar-refractivity contribution in [2.45, 2.75) is 31.3 Å². The van der Waals surface area contributed by atoms with Crippen LogP contribution in [0.25, 0.3) is 11.1 Å². The second kappa shape index (κ2) is 11.9. The van der Waals surface area contributed by atoms with E-state index in [4.69, 9.17) is 11.6 Å². The summed E-state index contributed by atoms with van der Waals surface area (Å²) in [5.41, 5.74) is 3.88. The molecule has 1 aliphatic rings. The van der Waals surface area contributed by atoms with Crippen molar-refractivity contribution in [3.63, 3.8) is 0 Å². The van der Waals surface area contributed by atoms with E-state index in [1.165, 1.54) is 11.3 Å². The maximum absolute atomic E-state index is 13.0. The van der Waals surface area contributed by atoms with Crippen LogP contribution in [0, 0.1) is 0 Å². The van der Waals surface area contributed by atoms with Crippen LogP contribution >= 0.6 is 22.9 Å². The number of hydrogen-bond donors (Lipinski definition) is 2. The molecule has 2 amide bonds. The van der Waals surface area contributed by atoms with Crippen LogP contribution in [0.3, 0.4) is 0 Å². The number of amides is 2. The standard InChI is InChI=1S/C30H28ClN3O3S/c31-23-12-10-21(11-13-23)24-8-4-5-9-25(24)32-28(36)26-19-38-29(33-26)22-14-16-34(17-15-22)30(37)27(35)18-20-6-2-1-3-7-20/h1-13,19,22,27,35H,14-18H2,(H,32,36)/t27-/m1/s1. The first kappa shape index (κ1) is 26.1. The molecule has 3 aromatic carbocycles. The van der Waals surface area contributed by atoms with Gasteiger partial charge < -0.3 is 15.3 Å². The second-order valence-electron chi connectivity index (χ2n) is 9.38. The minimum absolute atomic E-state index is 0.179. The molecule has 0 radical (unpaired) electrons. The number of halogens is 1. The Labute approximate surface area is 230 Å². The zero-order chi connectivity index (χ0) is 26.5. The number of aliphatic hydroxyl groups excluding tert-OH is 1. The Morgan fingerprint density at radius 3 is 2.42 bits per heavy atom. The van der Waals surface area contributed by atoms with Gasteiger partial charge >= 0.3 is 0 Å². The number of rotatable bonds is 7. The van der Waals surface area contributed by atoms with Crippen molar-refractivity contribution in [1.82, 2.24) is 9.88 Å². The van der Waals surface area contributed by atoms with Crippen molar-refractivity contribution in [2.75, 3.05) is 18.4 Å². The van der Waals surface area contributed by atoms with Crippen molar-refractivity contribution >= 4 is 40.4 Å². The fraction of sp³-hybridized carbons (Fsp3) is 0.233. The molecule has 0 spiro atoms. The third kappa shape index (κ3) is 6.13. The van der Waals surface area contributed by atoms with E-state index >= 15 is 0 Å². The third-order valence-corrected chi connectivity index (χ3v) is 8.06. The lowest BCUT2D eigenvalue weighted by Crippen LogP contribution is -2.44. The molecule has 1 atom stereocenters. The van der Waals surface area contributed by atoms with E-state index in [0.717, 1.165) is 34.5 Å². The summed E-state index contributed by atoms with van der Waals surface area (Å²) in [7, 11) is 0. The smallest absolute Gasteiger partial charge is 0.275 e. The van der Waals surface area contributed by atoms with Gasteiger partial charge in [0.1, 0.15) is 11.8 Å². The second-order valence-corrected chi connectivity index (χ2v) is 10.7. The topological polar surface area (TPSA) is 82.5 Å². The van der Waals surface area contributed by atoms with E-state index < -0.39 is 6.10 Å². The molecule has 38 heavy (non-hydrogen) atoms. The van der Waals surface area contributed by atoms with Gasteiger partial charge in [-0.2, -0.15) is 0 Å². The van der Waals surface area contributed by atoms with Crippen LogP contribution in [0.1, 0.15) is 39.8 Å². The van der Waals surface area contributed by atoms with Gasteiger partial charge in [-0.15, -0.1) is 11.3 Å². The zero-order valence-electron chi connectivity index (χ0n) is 20.7. The Bertz CT molecular complexity index is 1400. The highest BCUT2D eigenvalue weighted by atomic mass is 35.5. The van der Waals surface area contributed by atoms with Gasteiger partial charge in [-0.3, -0.25) is 9.59 Å². The number of benzene rings is 3. The molecule has 1 fully saturated rings. The average Bonchev–Trinajstić information content (AvgIpc) is 3.45. The highest BCUT2D eigenvalue weighted by Crippen LogP contribution is 2.32. The van der Waals surface area contributed by atoms with Gasteiger partial charge in [0.2, 0.25) is 0 Å². The maximum Gasteiger partial charge on any atom is 0.275 e. The number of anilines is 1. The van der Waals surface area contributed by atoms with Crippen LogP contribution in [0.4, 0.5) is 5.69 Å². The molecule has 5 rings (SSSR count). The molecular weight excluding hydrogens is 518 g/mol. The Morgan fingerprint density at radius 2 is 1.68 bits per heavy atom. The van der Waals surface area contributed by atoms with E-state index in [1.807, 2.05) is 78.9 Å². The summed E-state index contributed by atoms with van der Waals surface area (Å²) in [6.45, 7) is 1.12. The minimum atomic E-state index is -1.04. The van der Waals surface area contributed by atoms with Crippen molar-refractivity contribution in [1.29, 1.82) is 0 Å². The summed E-state index contributed by atoms with van der Waals surface area (Å²) in [5, 5.41) is 16.8. The largest absolute Gasteiger partial charge is 0.383 e. The van der Waals surface area contributed by atoms with Gasteiger partial charge in [0.25, 0.3) is 11.8 Å². The van der Waals surface area contributed by atoms with Crippen molar-refractivity contribution in [2.24, 2.45) is 0 Å². The fourth-order valence-electron chi connectivity index (χ4n) is 4.72. The van der Waals surface area contributed by atoms with Gasteiger partial charge in [-0.05, 0) is 42.2 Å². The monoisotopic (exact) mass is 545 g/mol. The molecule has 0 aliphatic carbocycles. The number of nitrogens with zero attached hydrogens (tertiary/aromatic N) is 2. The maximum atomic E-state index is 13.0. The first-order valence-corrected chi connectivity index (χ1v) is 13.9. The summed E-state index contributed by atoms with van der Waals surface area (Å²) < 4.78 is 0. The van der Waals surface area contributed by atoms with Crippen LogP contribution in [0.2, 0.25) is 5.02 Å². The first-order valence-electron chi connectivity index (χ1n) is 12.6. The van der Waals surface area contributed by atoms with Gasteiger partial charge in [0, 0.05) is 47.1 Å². The van der Waals surface area contributed by atoms with E-state index in [-0.39, 0.29) is 17.7 Å². The Balaban J connectivity index is 1.18. The normalized spacial score (nSPS) is 14.7. The third-order valence-electron chi connectivity index (χ3n) is 6.80. The number of likely N-dealkylation sites (tertiary alicyclic amines) is 1. The Kier molecular flexibility index (Phi) is 8.17. The SMILES string of the molecule is O=C(Nc1ccccc1-c1ccc(Cl)cc1)c1csc(C2CCN(C(=O)[C@H](O)Cc3ccccc3)CC2)n1. The highest BCUT2D eigenvalue weighted by Gasteiger charge is 2.29.